The van der Waals surface area contributed by atoms with Crippen LogP contribution in [0.1, 0.15) is 56.6 Å². The summed E-state index contributed by atoms with van der Waals surface area (Å²) in [6.07, 6.45) is -4.93. The van der Waals surface area contributed by atoms with Crippen molar-refractivity contribution in [3.8, 4) is 0 Å². The third-order valence-corrected chi connectivity index (χ3v) is 7.34. The van der Waals surface area contributed by atoms with E-state index in [0.717, 1.165) is 32.1 Å². The summed E-state index contributed by atoms with van der Waals surface area (Å²) in [5, 5.41) is 1.76. The van der Waals surface area contributed by atoms with Crippen LogP contribution in [-0.2, 0) is 21.9 Å². The Morgan fingerprint density at radius 3 is 2.15 bits per heavy atom. The molecule has 1 saturated carbocycles. The van der Waals surface area contributed by atoms with Crippen LogP contribution >= 0.6 is 11.8 Å². The number of alkyl halides is 6. The van der Waals surface area contributed by atoms with E-state index in [4.69, 9.17) is 4.74 Å². The van der Waals surface area contributed by atoms with Crippen LogP contribution in [0.25, 0.3) is 0 Å². The lowest BCUT2D eigenvalue weighted by Crippen LogP contribution is -2.50. The number of amides is 2. The minimum absolute atomic E-state index is 0.00286. The van der Waals surface area contributed by atoms with Gasteiger partial charge in [-0.1, -0.05) is 26.2 Å². The molecule has 2 aliphatic rings. The maximum absolute atomic E-state index is 13.2. The van der Waals surface area contributed by atoms with E-state index in [9.17, 15) is 35.9 Å². The molecule has 1 saturated heterocycles. The predicted molar refractivity (Wildman–Crippen MR) is 115 cm³/mol. The van der Waals surface area contributed by atoms with Crippen molar-refractivity contribution in [1.29, 1.82) is 0 Å². The van der Waals surface area contributed by atoms with E-state index < -0.39 is 52.6 Å². The Morgan fingerprint density at radius 1 is 1.03 bits per heavy atom. The molecule has 1 heterocycles. The SMILES string of the molecule is CCCOC(=O)C1CSC(C2CCCCC2)N1C(=O)Nc1cc(C(F)(F)F)cc(C(F)(F)F)c1. The summed E-state index contributed by atoms with van der Waals surface area (Å²) >= 11 is 1.38. The number of benzene rings is 1. The average molecular weight is 513 g/mol. The smallest absolute Gasteiger partial charge is 0.416 e. The molecule has 1 aromatic carbocycles. The molecule has 2 unspecified atom stereocenters. The normalized spacial score (nSPS) is 22.0. The molecule has 2 atom stereocenters. The van der Waals surface area contributed by atoms with Crippen LogP contribution in [0.5, 0.6) is 0 Å². The number of halogens is 6. The van der Waals surface area contributed by atoms with Gasteiger partial charge < -0.3 is 10.1 Å². The van der Waals surface area contributed by atoms with Gasteiger partial charge in [0.15, 0.2) is 0 Å². The van der Waals surface area contributed by atoms with Crippen LogP contribution in [0, 0.1) is 5.92 Å². The van der Waals surface area contributed by atoms with Gasteiger partial charge in [0, 0.05) is 11.4 Å². The number of hydrogen-bond donors (Lipinski definition) is 1. The van der Waals surface area contributed by atoms with Crippen molar-refractivity contribution in [3.05, 3.63) is 29.3 Å². The van der Waals surface area contributed by atoms with Gasteiger partial charge in [-0.2, -0.15) is 26.3 Å². The topological polar surface area (TPSA) is 58.6 Å². The van der Waals surface area contributed by atoms with Crippen LogP contribution in [0.4, 0.5) is 36.8 Å². The number of carbonyl (C=O) groups is 2. The number of thioether (sulfide) groups is 1. The first-order chi connectivity index (χ1) is 15.9. The van der Waals surface area contributed by atoms with Crippen LogP contribution in [0.15, 0.2) is 18.2 Å². The number of ether oxygens (including phenoxy) is 1. The Balaban J connectivity index is 1.91. The van der Waals surface area contributed by atoms with E-state index in [2.05, 4.69) is 5.32 Å². The van der Waals surface area contributed by atoms with Crippen LogP contribution in [0.3, 0.4) is 0 Å². The van der Waals surface area contributed by atoms with E-state index in [-0.39, 0.29) is 24.3 Å². The molecule has 3 rings (SSSR count). The largest absolute Gasteiger partial charge is 0.464 e. The molecule has 0 radical (unpaired) electrons. The maximum atomic E-state index is 13.2. The lowest BCUT2D eigenvalue weighted by Gasteiger charge is -2.35. The van der Waals surface area contributed by atoms with Crippen molar-refractivity contribution < 1.29 is 40.7 Å². The molecule has 1 aliphatic heterocycles. The maximum Gasteiger partial charge on any atom is 0.416 e. The molecule has 2 fully saturated rings. The van der Waals surface area contributed by atoms with Gasteiger partial charge >= 0.3 is 24.4 Å². The predicted octanol–water partition coefficient (Wildman–Crippen LogP) is 6.53. The second-order valence-corrected chi connectivity index (χ2v) is 9.59. The first-order valence-corrected chi connectivity index (χ1v) is 12.1. The molecular formula is C22H26F6N2O3S. The molecule has 1 aromatic rings. The molecule has 190 valence electrons. The number of carbonyl (C=O) groups excluding carboxylic acids is 2. The summed E-state index contributed by atoms with van der Waals surface area (Å²) < 4.78 is 84.5. The first kappa shape index (κ1) is 26.5. The first-order valence-electron chi connectivity index (χ1n) is 11.1. The van der Waals surface area contributed by atoms with E-state index in [0.29, 0.717) is 18.6 Å². The summed E-state index contributed by atoms with van der Waals surface area (Å²) in [5.41, 5.74) is -3.71. The molecule has 34 heavy (non-hydrogen) atoms. The lowest BCUT2D eigenvalue weighted by atomic mass is 9.88. The standard InChI is InChI=1S/C22H26F6N2O3S/c1-2-8-33-19(31)17-12-34-18(13-6-4-3-5-7-13)30(17)20(32)29-16-10-14(21(23,24)25)9-15(11-16)22(26,27)28/h9-11,13,17-18H,2-8,12H2,1H3,(H,29,32). The zero-order chi connectivity index (χ0) is 25.1. The van der Waals surface area contributed by atoms with Crippen molar-refractivity contribution in [1.82, 2.24) is 4.90 Å². The molecule has 12 heteroatoms. The monoisotopic (exact) mass is 512 g/mol. The van der Waals surface area contributed by atoms with Gasteiger partial charge in [0.05, 0.1) is 23.1 Å². The highest BCUT2D eigenvalue weighted by atomic mass is 32.2. The minimum Gasteiger partial charge on any atom is -0.464 e. The third kappa shape index (κ3) is 6.31. The fraction of sp³-hybridized carbons (Fsp3) is 0.636. The second-order valence-electron chi connectivity index (χ2n) is 8.44. The van der Waals surface area contributed by atoms with E-state index in [1.807, 2.05) is 0 Å². The number of nitrogens with zero attached hydrogens (tertiary/aromatic N) is 1. The average Bonchev–Trinajstić information content (AvgIpc) is 3.22. The molecular weight excluding hydrogens is 486 g/mol. The molecule has 1 aliphatic carbocycles. The summed E-state index contributed by atoms with van der Waals surface area (Å²) in [4.78, 5) is 27.1. The second kappa shape index (κ2) is 10.7. The quantitative estimate of drug-likeness (QED) is 0.360. The van der Waals surface area contributed by atoms with Crippen LogP contribution < -0.4 is 5.32 Å². The van der Waals surface area contributed by atoms with Crippen molar-refractivity contribution in [2.24, 2.45) is 5.92 Å². The summed E-state index contributed by atoms with van der Waals surface area (Å²) in [6, 6.07) is -0.994. The lowest BCUT2D eigenvalue weighted by molar-refractivity contribution is -0.148. The number of anilines is 1. The number of rotatable bonds is 5. The van der Waals surface area contributed by atoms with E-state index in [1.54, 1.807) is 6.92 Å². The Bertz CT molecular complexity index is 854. The van der Waals surface area contributed by atoms with Gasteiger partial charge in [-0.25, -0.2) is 9.59 Å². The van der Waals surface area contributed by atoms with Crippen molar-refractivity contribution in [2.75, 3.05) is 17.7 Å². The number of urea groups is 1. The van der Waals surface area contributed by atoms with Crippen molar-refractivity contribution in [2.45, 2.75) is 69.2 Å². The fourth-order valence-electron chi connectivity index (χ4n) is 4.26. The Labute approximate surface area is 197 Å². The number of hydrogen-bond acceptors (Lipinski definition) is 4. The minimum atomic E-state index is -5.04. The Morgan fingerprint density at radius 2 is 1.62 bits per heavy atom. The van der Waals surface area contributed by atoms with Gasteiger partial charge in [-0.3, -0.25) is 4.90 Å². The zero-order valence-corrected chi connectivity index (χ0v) is 19.3. The van der Waals surface area contributed by atoms with Crippen LogP contribution in [0.2, 0.25) is 0 Å². The molecule has 2 amide bonds. The van der Waals surface area contributed by atoms with Gasteiger partial charge in [0.25, 0.3) is 0 Å². The van der Waals surface area contributed by atoms with Gasteiger partial charge in [0.2, 0.25) is 0 Å². The highest BCUT2D eigenvalue weighted by Gasteiger charge is 2.46. The number of esters is 1. The molecule has 0 bridgehead atoms. The fourth-order valence-corrected chi connectivity index (χ4v) is 5.89. The third-order valence-electron chi connectivity index (χ3n) is 5.88. The highest BCUT2D eigenvalue weighted by Crippen LogP contribution is 2.42. The molecule has 5 nitrogen and oxygen atoms in total. The summed E-state index contributed by atoms with van der Waals surface area (Å²) in [5.74, 6) is -0.323. The Kier molecular flexibility index (Phi) is 8.30. The molecule has 0 spiro atoms. The number of nitrogens with one attached hydrogen (secondary N) is 1. The van der Waals surface area contributed by atoms with Crippen molar-refractivity contribution >= 4 is 29.4 Å². The van der Waals surface area contributed by atoms with Crippen LogP contribution in [-0.4, -0.2) is 40.7 Å². The summed E-state index contributed by atoms with van der Waals surface area (Å²) in [7, 11) is 0. The van der Waals surface area contributed by atoms with E-state index >= 15 is 0 Å². The van der Waals surface area contributed by atoms with E-state index in [1.165, 1.54) is 16.7 Å². The van der Waals surface area contributed by atoms with Gasteiger partial charge in [-0.05, 0) is 43.4 Å². The highest BCUT2D eigenvalue weighted by molar-refractivity contribution is 8.00. The van der Waals surface area contributed by atoms with Crippen molar-refractivity contribution in [3.63, 3.8) is 0 Å². The Hall–Kier alpha value is -2.11. The summed E-state index contributed by atoms with van der Waals surface area (Å²) in [6.45, 7) is 1.95. The molecule has 1 N–H and O–H groups in total. The van der Waals surface area contributed by atoms with Gasteiger partial charge in [-0.15, -0.1) is 11.8 Å². The van der Waals surface area contributed by atoms with Gasteiger partial charge in [0.1, 0.15) is 6.04 Å². The molecule has 0 aromatic heterocycles. The zero-order valence-electron chi connectivity index (χ0n) is 18.5.